The van der Waals surface area contributed by atoms with Crippen molar-refractivity contribution in [3.63, 3.8) is 0 Å². The smallest absolute Gasteiger partial charge is 0.431 e. The molecular formula is C14H11F3N2O5. The summed E-state index contributed by atoms with van der Waals surface area (Å²) in [5.41, 5.74) is -4.60. The molecule has 0 spiro atoms. The lowest BCUT2D eigenvalue weighted by Crippen LogP contribution is -2.35. The summed E-state index contributed by atoms with van der Waals surface area (Å²) in [5.74, 6) is -1.37. The number of phenols is 1. The van der Waals surface area contributed by atoms with Crippen LogP contribution < -0.4 is 11.2 Å². The van der Waals surface area contributed by atoms with Gasteiger partial charge in [-0.15, -0.1) is 0 Å². The Kier molecular flexibility index (Phi) is 4.49. The Balaban J connectivity index is 2.62. The van der Waals surface area contributed by atoms with E-state index >= 15 is 0 Å². The SMILES string of the molecule is CCOC(=O)c1cc(-n2c(=O)cc(C(F)(F)F)[nH]c2=O)ccc1O. The van der Waals surface area contributed by atoms with Gasteiger partial charge in [0.15, 0.2) is 0 Å². The van der Waals surface area contributed by atoms with Gasteiger partial charge in [-0.2, -0.15) is 13.2 Å². The maximum absolute atomic E-state index is 12.6. The zero-order valence-electron chi connectivity index (χ0n) is 12.2. The van der Waals surface area contributed by atoms with E-state index in [1.165, 1.54) is 6.92 Å². The fourth-order valence-corrected chi connectivity index (χ4v) is 1.93. The Labute approximate surface area is 131 Å². The first kappa shape index (κ1) is 17.3. The second-order valence-corrected chi connectivity index (χ2v) is 4.58. The topological polar surface area (TPSA) is 101 Å². The molecule has 2 aromatic rings. The highest BCUT2D eigenvalue weighted by Gasteiger charge is 2.33. The van der Waals surface area contributed by atoms with Crippen LogP contribution in [0.5, 0.6) is 5.75 Å². The molecule has 0 atom stereocenters. The van der Waals surface area contributed by atoms with Crippen molar-refractivity contribution in [2.75, 3.05) is 6.61 Å². The summed E-state index contributed by atoms with van der Waals surface area (Å²) in [5, 5.41) is 9.65. The quantitative estimate of drug-likeness (QED) is 0.820. The van der Waals surface area contributed by atoms with Crippen LogP contribution >= 0.6 is 0 Å². The Morgan fingerprint density at radius 1 is 1.29 bits per heavy atom. The number of nitrogens with zero attached hydrogens (tertiary/aromatic N) is 1. The van der Waals surface area contributed by atoms with Gasteiger partial charge in [0, 0.05) is 6.07 Å². The van der Waals surface area contributed by atoms with Gasteiger partial charge in [-0.3, -0.25) is 4.79 Å². The molecule has 0 unspecified atom stereocenters. The molecule has 0 aliphatic heterocycles. The molecule has 0 aliphatic rings. The number of hydrogen-bond donors (Lipinski definition) is 2. The first-order valence-electron chi connectivity index (χ1n) is 6.59. The second kappa shape index (κ2) is 6.22. The summed E-state index contributed by atoms with van der Waals surface area (Å²) in [6.45, 7) is 1.55. The fraction of sp³-hybridized carbons (Fsp3) is 0.214. The van der Waals surface area contributed by atoms with Crippen molar-refractivity contribution in [2.45, 2.75) is 13.1 Å². The van der Waals surface area contributed by atoms with Crippen molar-refractivity contribution >= 4 is 5.97 Å². The van der Waals surface area contributed by atoms with Crippen LogP contribution in [0.15, 0.2) is 33.9 Å². The molecule has 1 heterocycles. The number of hydrogen-bond acceptors (Lipinski definition) is 5. The van der Waals surface area contributed by atoms with Gasteiger partial charge in [0.1, 0.15) is 17.0 Å². The van der Waals surface area contributed by atoms with Crippen LogP contribution in [0.1, 0.15) is 23.0 Å². The van der Waals surface area contributed by atoms with E-state index < -0.39 is 34.8 Å². The number of aromatic amines is 1. The predicted octanol–water partition coefficient (Wildman–Crippen LogP) is 1.43. The van der Waals surface area contributed by atoms with Crippen LogP contribution in [0.3, 0.4) is 0 Å². The summed E-state index contributed by atoms with van der Waals surface area (Å²) >= 11 is 0. The average molecular weight is 344 g/mol. The molecule has 10 heteroatoms. The highest BCUT2D eigenvalue weighted by Crippen LogP contribution is 2.26. The Morgan fingerprint density at radius 2 is 1.96 bits per heavy atom. The minimum Gasteiger partial charge on any atom is -0.507 e. The molecule has 0 fully saturated rings. The highest BCUT2D eigenvalue weighted by molar-refractivity contribution is 5.93. The van der Waals surface area contributed by atoms with Crippen molar-refractivity contribution in [2.24, 2.45) is 0 Å². The number of ether oxygens (including phenoxy) is 1. The van der Waals surface area contributed by atoms with Gasteiger partial charge in [0.25, 0.3) is 5.56 Å². The number of phenolic OH excluding ortho intramolecular Hbond substituents is 1. The van der Waals surface area contributed by atoms with Gasteiger partial charge in [-0.1, -0.05) is 0 Å². The average Bonchev–Trinajstić information content (AvgIpc) is 2.47. The maximum atomic E-state index is 12.6. The van der Waals surface area contributed by atoms with Gasteiger partial charge in [0.05, 0.1) is 12.3 Å². The standard InChI is InChI=1S/C14H11F3N2O5/c1-2-24-12(22)8-5-7(3-4-9(8)20)19-11(21)6-10(14(15,16)17)18-13(19)23/h3-6,20H,2H2,1H3,(H,18,23). The monoisotopic (exact) mass is 344 g/mol. The van der Waals surface area contributed by atoms with Crippen molar-refractivity contribution in [1.29, 1.82) is 0 Å². The number of aromatic hydroxyl groups is 1. The number of carbonyl (C=O) groups is 1. The van der Waals surface area contributed by atoms with Crippen LogP contribution in [-0.2, 0) is 10.9 Å². The van der Waals surface area contributed by atoms with E-state index in [2.05, 4.69) is 0 Å². The van der Waals surface area contributed by atoms with Crippen LogP contribution in [0.25, 0.3) is 5.69 Å². The molecule has 1 aromatic carbocycles. The van der Waals surface area contributed by atoms with Gasteiger partial charge in [-0.05, 0) is 25.1 Å². The minimum atomic E-state index is -4.89. The first-order chi connectivity index (χ1) is 11.1. The third-order valence-corrected chi connectivity index (χ3v) is 2.97. The summed E-state index contributed by atoms with van der Waals surface area (Å²) in [4.78, 5) is 36.9. The third-order valence-electron chi connectivity index (χ3n) is 2.97. The number of H-pyrrole nitrogens is 1. The first-order valence-corrected chi connectivity index (χ1v) is 6.59. The molecule has 2 N–H and O–H groups in total. The fourth-order valence-electron chi connectivity index (χ4n) is 1.93. The lowest BCUT2D eigenvalue weighted by atomic mass is 10.1. The molecular weight excluding hydrogens is 333 g/mol. The third kappa shape index (κ3) is 3.31. The van der Waals surface area contributed by atoms with Gasteiger partial charge in [0.2, 0.25) is 0 Å². The van der Waals surface area contributed by atoms with Crippen molar-refractivity contribution in [3.8, 4) is 11.4 Å². The summed E-state index contributed by atoms with van der Waals surface area (Å²) in [7, 11) is 0. The molecule has 24 heavy (non-hydrogen) atoms. The zero-order chi connectivity index (χ0) is 18.1. The van der Waals surface area contributed by atoms with E-state index in [9.17, 15) is 32.7 Å². The summed E-state index contributed by atoms with van der Waals surface area (Å²) in [6.07, 6.45) is -4.89. The zero-order valence-corrected chi connectivity index (χ0v) is 12.2. The molecule has 7 nitrogen and oxygen atoms in total. The number of carbonyl (C=O) groups excluding carboxylic acids is 1. The number of alkyl halides is 3. The van der Waals surface area contributed by atoms with E-state index in [0.29, 0.717) is 4.57 Å². The van der Waals surface area contributed by atoms with E-state index in [-0.39, 0.29) is 23.9 Å². The van der Waals surface area contributed by atoms with Crippen molar-refractivity contribution in [1.82, 2.24) is 9.55 Å². The van der Waals surface area contributed by atoms with Crippen molar-refractivity contribution < 1.29 is 27.8 Å². The Morgan fingerprint density at radius 3 is 2.50 bits per heavy atom. The predicted molar refractivity (Wildman–Crippen MR) is 75.3 cm³/mol. The largest absolute Gasteiger partial charge is 0.507 e. The van der Waals surface area contributed by atoms with E-state index in [0.717, 1.165) is 18.2 Å². The molecule has 0 bridgehead atoms. The number of aromatic nitrogens is 2. The van der Waals surface area contributed by atoms with E-state index in [1.807, 2.05) is 0 Å². The molecule has 0 aliphatic carbocycles. The van der Waals surface area contributed by atoms with Crippen LogP contribution in [0.4, 0.5) is 13.2 Å². The molecule has 0 amide bonds. The van der Waals surface area contributed by atoms with E-state index in [1.54, 1.807) is 4.98 Å². The number of esters is 1. The summed E-state index contributed by atoms with van der Waals surface area (Å²) < 4.78 is 42.8. The molecule has 128 valence electrons. The Hall–Kier alpha value is -3.04. The lowest BCUT2D eigenvalue weighted by Gasteiger charge is -2.10. The molecule has 1 aromatic heterocycles. The number of nitrogens with one attached hydrogen (secondary N) is 1. The summed E-state index contributed by atoms with van der Waals surface area (Å²) in [6, 6.07) is 3.31. The molecule has 0 saturated carbocycles. The second-order valence-electron chi connectivity index (χ2n) is 4.58. The number of halogens is 3. The van der Waals surface area contributed by atoms with Crippen molar-refractivity contribution in [3.05, 3.63) is 56.4 Å². The lowest BCUT2D eigenvalue weighted by molar-refractivity contribution is -0.141. The van der Waals surface area contributed by atoms with Gasteiger partial charge >= 0.3 is 17.8 Å². The van der Waals surface area contributed by atoms with Gasteiger partial charge in [-0.25, -0.2) is 14.2 Å². The normalized spacial score (nSPS) is 11.3. The molecule has 2 rings (SSSR count). The Bertz CT molecular complexity index is 867. The number of benzene rings is 1. The van der Waals surface area contributed by atoms with Crippen LogP contribution in [0, 0.1) is 0 Å². The van der Waals surface area contributed by atoms with Crippen LogP contribution in [-0.4, -0.2) is 27.2 Å². The molecule has 0 saturated heterocycles. The highest BCUT2D eigenvalue weighted by atomic mass is 19.4. The maximum Gasteiger partial charge on any atom is 0.431 e. The van der Waals surface area contributed by atoms with Crippen LogP contribution in [0.2, 0.25) is 0 Å². The van der Waals surface area contributed by atoms with Gasteiger partial charge < -0.3 is 14.8 Å². The number of rotatable bonds is 3. The molecule has 0 radical (unpaired) electrons. The van der Waals surface area contributed by atoms with E-state index in [4.69, 9.17) is 4.74 Å². The minimum absolute atomic E-state index is 0.0172.